The number of para-hydroxylation sites is 1. The van der Waals surface area contributed by atoms with E-state index in [-0.39, 0.29) is 11.7 Å². The molecule has 0 aliphatic heterocycles. The number of carbonyl (C=O) groups is 1. The van der Waals surface area contributed by atoms with Gasteiger partial charge in [-0.2, -0.15) is 5.10 Å². The van der Waals surface area contributed by atoms with E-state index in [4.69, 9.17) is 4.42 Å². The van der Waals surface area contributed by atoms with Crippen LogP contribution in [0.3, 0.4) is 0 Å². The number of thioether (sulfide) groups is 1. The fraction of sp³-hybridized carbons (Fsp3) is 0.0833. The summed E-state index contributed by atoms with van der Waals surface area (Å²) in [4.78, 5) is 12.3. The van der Waals surface area contributed by atoms with Gasteiger partial charge in [-0.25, -0.2) is 4.68 Å². The van der Waals surface area contributed by atoms with Crippen LogP contribution in [0.1, 0.15) is 5.56 Å². The zero-order chi connectivity index (χ0) is 22.6. The predicted octanol–water partition coefficient (Wildman–Crippen LogP) is 4.75. The summed E-state index contributed by atoms with van der Waals surface area (Å²) in [6.45, 7) is 2.00. The average molecular weight is 457 g/mol. The zero-order valence-corrected chi connectivity index (χ0v) is 18.6. The SMILES string of the molecule is Cc1ccc(NC(=O)CSc2nnc(-c3cnn(-c4ccccc4)c3-n3cccc3)o2)cc1. The van der Waals surface area contributed by atoms with Crippen molar-refractivity contribution in [2.45, 2.75) is 12.1 Å². The van der Waals surface area contributed by atoms with Gasteiger partial charge in [0, 0.05) is 18.1 Å². The van der Waals surface area contributed by atoms with Crippen LogP contribution in [-0.2, 0) is 4.79 Å². The summed E-state index contributed by atoms with van der Waals surface area (Å²) in [5, 5.41) is 16.0. The molecule has 0 saturated heterocycles. The average Bonchev–Trinajstić information content (AvgIpc) is 3.59. The van der Waals surface area contributed by atoms with E-state index in [2.05, 4.69) is 20.6 Å². The standard InChI is InChI=1S/C24H20N6O2S/c1-17-9-11-18(12-10-17)26-21(31)16-33-24-28-27-22(32-24)20-15-25-30(19-7-3-2-4-8-19)23(20)29-13-5-6-14-29/h2-15H,16H2,1H3,(H,26,31). The van der Waals surface area contributed by atoms with Gasteiger partial charge in [-0.15, -0.1) is 10.2 Å². The first-order valence-corrected chi connectivity index (χ1v) is 11.3. The Labute approximate surface area is 194 Å². The van der Waals surface area contributed by atoms with E-state index in [1.54, 1.807) is 6.20 Å². The first-order valence-electron chi connectivity index (χ1n) is 10.3. The number of nitrogens with zero attached hydrogens (tertiary/aromatic N) is 5. The highest BCUT2D eigenvalue weighted by molar-refractivity contribution is 7.99. The highest BCUT2D eigenvalue weighted by atomic mass is 32.2. The van der Waals surface area contributed by atoms with Gasteiger partial charge in [0.25, 0.3) is 11.1 Å². The van der Waals surface area contributed by atoms with Crippen LogP contribution in [0.15, 0.2) is 95.0 Å². The van der Waals surface area contributed by atoms with Gasteiger partial charge in [-0.3, -0.25) is 4.79 Å². The summed E-state index contributed by atoms with van der Waals surface area (Å²) in [7, 11) is 0. The molecule has 0 spiro atoms. The molecule has 5 rings (SSSR count). The number of benzene rings is 2. The first-order chi connectivity index (χ1) is 16.2. The lowest BCUT2D eigenvalue weighted by Gasteiger charge is -2.09. The molecule has 0 fully saturated rings. The molecule has 0 atom stereocenters. The summed E-state index contributed by atoms with van der Waals surface area (Å²) in [6.07, 6.45) is 5.57. The molecule has 0 aliphatic carbocycles. The monoisotopic (exact) mass is 456 g/mol. The molecule has 0 saturated carbocycles. The second-order valence-corrected chi connectivity index (χ2v) is 8.22. The summed E-state index contributed by atoms with van der Waals surface area (Å²) in [6, 6.07) is 21.3. The lowest BCUT2D eigenvalue weighted by molar-refractivity contribution is -0.113. The van der Waals surface area contributed by atoms with Crippen molar-refractivity contribution in [3.8, 4) is 23.0 Å². The van der Waals surface area contributed by atoms with Gasteiger partial charge in [-0.1, -0.05) is 47.7 Å². The molecule has 0 aliphatic rings. The Kier molecular flexibility index (Phi) is 5.77. The van der Waals surface area contributed by atoms with E-state index in [0.29, 0.717) is 16.7 Å². The Hall–Kier alpha value is -4.11. The second kappa shape index (κ2) is 9.17. The van der Waals surface area contributed by atoms with Crippen LogP contribution in [-0.4, -0.2) is 36.2 Å². The Bertz CT molecular complexity index is 1360. The minimum atomic E-state index is -0.145. The van der Waals surface area contributed by atoms with E-state index < -0.39 is 0 Å². The van der Waals surface area contributed by atoms with E-state index in [1.807, 2.05) is 95.3 Å². The molecular formula is C24H20N6O2S. The molecule has 1 amide bonds. The molecule has 8 nitrogen and oxygen atoms in total. The first kappa shape index (κ1) is 20.8. The van der Waals surface area contributed by atoms with Crippen LogP contribution < -0.4 is 5.32 Å². The number of hydrogen-bond donors (Lipinski definition) is 1. The minimum Gasteiger partial charge on any atom is -0.411 e. The smallest absolute Gasteiger partial charge is 0.277 e. The van der Waals surface area contributed by atoms with Gasteiger partial charge in [0.05, 0.1) is 17.6 Å². The fourth-order valence-corrected chi connectivity index (χ4v) is 3.88. The predicted molar refractivity (Wildman–Crippen MR) is 127 cm³/mol. The fourth-order valence-electron chi connectivity index (χ4n) is 3.31. The molecule has 0 bridgehead atoms. The Morgan fingerprint density at radius 2 is 1.76 bits per heavy atom. The van der Waals surface area contributed by atoms with Gasteiger partial charge in [0.15, 0.2) is 5.82 Å². The molecule has 5 aromatic rings. The lowest BCUT2D eigenvalue weighted by atomic mass is 10.2. The van der Waals surface area contributed by atoms with Gasteiger partial charge in [0.2, 0.25) is 5.91 Å². The lowest BCUT2D eigenvalue weighted by Crippen LogP contribution is -2.13. The van der Waals surface area contributed by atoms with Crippen molar-refractivity contribution < 1.29 is 9.21 Å². The number of aryl methyl sites for hydroxylation is 1. The number of carbonyl (C=O) groups excluding carboxylic acids is 1. The number of aromatic nitrogens is 5. The van der Waals surface area contributed by atoms with E-state index >= 15 is 0 Å². The Morgan fingerprint density at radius 3 is 2.52 bits per heavy atom. The topological polar surface area (TPSA) is 90.8 Å². The van der Waals surface area contributed by atoms with Gasteiger partial charge >= 0.3 is 0 Å². The maximum absolute atomic E-state index is 12.3. The number of rotatable bonds is 7. The number of hydrogen-bond acceptors (Lipinski definition) is 6. The maximum Gasteiger partial charge on any atom is 0.277 e. The third-order valence-electron chi connectivity index (χ3n) is 4.89. The van der Waals surface area contributed by atoms with Crippen LogP contribution >= 0.6 is 11.8 Å². The minimum absolute atomic E-state index is 0.145. The highest BCUT2D eigenvalue weighted by Crippen LogP contribution is 2.30. The molecule has 1 N–H and O–H groups in total. The second-order valence-electron chi connectivity index (χ2n) is 7.30. The van der Waals surface area contributed by atoms with Crippen molar-refractivity contribution in [2.24, 2.45) is 0 Å². The largest absolute Gasteiger partial charge is 0.411 e. The Balaban J connectivity index is 1.35. The third-order valence-corrected chi connectivity index (χ3v) is 5.71. The van der Waals surface area contributed by atoms with Gasteiger partial charge in [-0.05, 0) is 43.3 Å². The van der Waals surface area contributed by atoms with Crippen LogP contribution in [0.4, 0.5) is 5.69 Å². The van der Waals surface area contributed by atoms with Crippen molar-refractivity contribution in [3.05, 3.63) is 90.9 Å². The molecule has 0 radical (unpaired) electrons. The summed E-state index contributed by atoms with van der Waals surface area (Å²) in [5.41, 5.74) is 3.49. The summed E-state index contributed by atoms with van der Waals surface area (Å²) < 4.78 is 9.63. The van der Waals surface area contributed by atoms with Crippen LogP contribution in [0.5, 0.6) is 0 Å². The van der Waals surface area contributed by atoms with Gasteiger partial charge in [0.1, 0.15) is 5.56 Å². The third kappa shape index (κ3) is 4.58. The molecule has 9 heteroatoms. The molecule has 3 heterocycles. The zero-order valence-electron chi connectivity index (χ0n) is 17.8. The van der Waals surface area contributed by atoms with Crippen molar-refractivity contribution in [1.82, 2.24) is 24.5 Å². The van der Waals surface area contributed by atoms with Crippen molar-refractivity contribution in [2.75, 3.05) is 11.1 Å². The molecular weight excluding hydrogens is 436 g/mol. The van der Waals surface area contributed by atoms with E-state index in [0.717, 1.165) is 22.8 Å². The molecule has 33 heavy (non-hydrogen) atoms. The number of anilines is 1. The van der Waals surface area contributed by atoms with Crippen LogP contribution in [0.2, 0.25) is 0 Å². The highest BCUT2D eigenvalue weighted by Gasteiger charge is 2.20. The quantitative estimate of drug-likeness (QED) is 0.355. The van der Waals surface area contributed by atoms with Crippen molar-refractivity contribution in [3.63, 3.8) is 0 Å². The van der Waals surface area contributed by atoms with E-state index in [9.17, 15) is 4.79 Å². The maximum atomic E-state index is 12.3. The summed E-state index contributed by atoms with van der Waals surface area (Å²) >= 11 is 1.19. The molecule has 2 aromatic carbocycles. The number of nitrogens with one attached hydrogen (secondary N) is 1. The van der Waals surface area contributed by atoms with E-state index in [1.165, 1.54) is 11.8 Å². The van der Waals surface area contributed by atoms with Crippen LogP contribution in [0.25, 0.3) is 23.0 Å². The molecule has 164 valence electrons. The summed E-state index contributed by atoms with van der Waals surface area (Å²) in [5.74, 6) is 1.13. The van der Waals surface area contributed by atoms with Crippen molar-refractivity contribution >= 4 is 23.4 Å². The molecule has 0 unspecified atom stereocenters. The number of amides is 1. The van der Waals surface area contributed by atoms with Crippen LogP contribution in [0, 0.1) is 6.92 Å². The Morgan fingerprint density at radius 1 is 1.00 bits per heavy atom. The van der Waals surface area contributed by atoms with Gasteiger partial charge < -0.3 is 14.3 Å². The molecule has 3 aromatic heterocycles. The van der Waals surface area contributed by atoms with Crippen molar-refractivity contribution in [1.29, 1.82) is 0 Å². The normalized spacial score (nSPS) is 10.9.